The molecule has 21 nitrogen and oxygen atoms in total. The van der Waals surface area contributed by atoms with Crippen molar-refractivity contribution in [2.75, 3.05) is 58.9 Å². The molecule has 1 aromatic rings. The molecule has 81 heavy (non-hydrogen) atoms. The number of aromatic nitrogens is 2. The van der Waals surface area contributed by atoms with E-state index in [1.165, 1.54) is 0 Å². The van der Waals surface area contributed by atoms with E-state index >= 15 is 0 Å². The number of anilines is 1. The fraction of sp³-hybridized carbons (Fsp3) is 0.717. The lowest BCUT2D eigenvalue weighted by Gasteiger charge is -2.42. The molecule has 0 radical (unpaired) electrons. The summed E-state index contributed by atoms with van der Waals surface area (Å²) in [5.74, 6) is -7.66. The summed E-state index contributed by atoms with van der Waals surface area (Å²) in [7, 11) is 5.18. The number of aliphatic hydroxyl groups is 4. The molecule has 21 heteroatoms. The van der Waals surface area contributed by atoms with Gasteiger partial charge in [0, 0.05) is 108 Å². The third kappa shape index (κ3) is 17.8. The van der Waals surface area contributed by atoms with Crippen LogP contribution in [0, 0.1) is 29.6 Å². The number of cyclic esters (lactones) is 1. The molecule has 2 amide bonds. The first kappa shape index (κ1) is 65.2. The molecule has 452 valence electrons. The fourth-order valence-electron chi connectivity index (χ4n) is 11.9. The minimum atomic E-state index is -2.48. The number of esters is 1. The van der Waals surface area contributed by atoms with Crippen molar-refractivity contribution in [2.45, 2.75) is 192 Å². The number of piperidine rings is 1. The van der Waals surface area contributed by atoms with Crippen LogP contribution in [-0.4, -0.2) is 190 Å². The third-order valence-electron chi connectivity index (χ3n) is 17.3. The van der Waals surface area contributed by atoms with Gasteiger partial charge in [0.15, 0.2) is 5.78 Å². The average Bonchev–Trinajstić information content (AvgIpc) is 3.53. The van der Waals surface area contributed by atoms with Crippen LogP contribution in [-0.2, 0) is 49.4 Å². The first-order chi connectivity index (χ1) is 38.5. The number of rotatable bonds is 9. The summed E-state index contributed by atoms with van der Waals surface area (Å²) in [4.78, 5) is 84.5. The van der Waals surface area contributed by atoms with E-state index in [1.807, 2.05) is 44.2 Å². The Bertz CT molecular complexity index is 2380. The van der Waals surface area contributed by atoms with Crippen LogP contribution in [0.4, 0.5) is 10.7 Å². The minimum Gasteiger partial charge on any atom is -0.459 e. The van der Waals surface area contributed by atoms with Gasteiger partial charge < -0.3 is 69.9 Å². The van der Waals surface area contributed by atoms with Gasteiger partial charge in [-0.1, -0.05) is 64.2 Å². The summed E-state index contributed by atoms with van der Waals surface area (Å²) < 4.78 is 30.0. The number of carbonyl (C=O) groups excluding carboxylic acids is 5. The van der Waals surface area contributed by atoms with Crippen molar-refractivity contribution >= 4 is 35.5 Å². The Morgan fingerprint density at radius 1 is 0.840 bits per heavy atom. The normalized spacial score (nSPS) is 35.9. The van der Waals surface area contributed by atoms with Gasteiger partial charge in [-0.05, 0) is 108 Å². The van der Waals surface area contributed by atoms with Gasteiger partial charge in [-0.15, -0.1) is 0 Å². The molecule has 1 saturated carbocycles. The Balaban J connectivity index is 1.19. The van der Waals surface area contributed by atoms with Crippen molar-refractivity contribution < 1.29 is 68.1 Å². The Kier molecular flexibility index (Phi) is 24.6. The van der Waals surface area contributed by atoms with Crippen LogP contribution in [0.1, 0.15) is 124 Å². The van der Waals surface area contributed by atoms with Crippen LogP contribution in [0.3, 0.4) is 0 Å². The molecule has 16 atom stereocenters. The Morgan fingerprint density at radius 2 is 1.56 bits per heavy atom. The number of piperazine rings is 1. The second-order valence-electron chi connectivity index (χ2n) is 23.7. The predicted octanol–water partition coefficient (Wildman–Crippen LogP) is 4.49. The van der Waals surface area contributed by atoms with Crippen LogP contribution in [0.15, 0.2) is 60.0 Å². The van der Waals surface area contributed by atoms with Gasteiger partial charge in [0.1, 0.15) is 30.5 Å². The monoisotopic (exact) mass is 1140 g/mol. The highest BCUT2D eigenvalue weighted by Crippen LogP contribution is 2.38. The second-order valence-corrected chi connectivity index (χ2v) is 23.7. The van der Waals surface area contributed by atoms with E-state index in [0.29, 0.717) is 69.3 Å². The lowest BCUT2D eigenvalue weighted by molar-refractivity contribution is -0.265. The molecule has 1 aromatic heterocycles. The number of ether oxygens (including phenoxy) is 5. The van der Waals surface area contributed by atoms with Crippen LogP contribution in [0.5, 0.6) is 0 Å². The number of Topliss-reactive ketones (excluding diaryl/α,β-unsaturated/α-hetero) is 2. The fourth-order valence-corrected chi connectivity index (χ4v) is 11.9. The van der Waals surface area contributed by atoms with Gasteiger partial charge >= 0.3 is 12.1 Å². The molecule has 6 rings (SSSR count). The minimum absolute atomic E-state index is 0.0337. The summed E-state index contributed by atoms with van der Waals surface area (Å²) in [6.45, 7) is 14.2. The molecule has 5 aliphatic rings. The lowest BCUT2D eigenvalue weighted by atomic mass is 9.80. The number of methoxy groups -OCH3 is 2. The smallest absolute Gasteiger partial charge is 0.407 e. The second kappa shape index (κ2) is 30.5. The van der Waals surface area contributed by atoms with Crippen molar-refractivity contribution in [2.24, 2.45) is 35.3 Å². The number of amides is 2. The number of nitrogens with two attached hydrogens (primary N) is 1. The molecule has 2 bridgehead atoms. The van der Waals surface area contributed by atoms with Gasteiger partial charge in [-0.25, -0.2) is 19.6 Å². The zero-order valence-corrected chi connectivity index (χ0v) is 49.2. The zero-order valence-electron chi connectivity index (χ0n) is 49.2. The molecule has 3 saturated heterocycles. The maximum Gasteiger partial charge on any atom is 0.407 e. The maximum absolute atomic E-state index is 14.6. The van der Waals surface area contributed by atoms with Crippen molar-refractivity contribution in [3.63, 3.8) is 0 Å². The molecular formula is C60H93N7O14. The van der Waals surface area contributed by atoms with Gasteiger partial charge in [0.25, 0.3) is 11.7 Å². The highest BCUT2D eigenvalue weighted by Gasteiger charge is 2.53. The molecule has 7 N–H and O–H groups in total. The van der Waals surface area contributed by atoms with E-state index in [0.717, 1.165) is 36.7 Å². The number of likely N-dealkylation sites (N-methyl/N-ethyl adjacent to an activating group) is 1. The highest BCUT2D eigenvalue weighted by atomic mass is 16.6. The van der Waals surface area contributed by atoms with E-state index in [-0.39, 0.29) is 49.8 Å². The number of nitrogens with zero attached hydrogens (tertiary/aromatic N) is 5. The van der Waals surface area contributed by atoms with Crippen molar-refractivity contribution in [3.05, 3.63) is 65.6 Å². The Labute approximate surface area is 478 Å². The number of hydrogen-bond acceptors (Lipinski definition) is 19. The topological polar surface area (TPSA) is 286 Å². The Hall–Kier alpha value is -4.97. The lowest BCUT2D eigenvalue weighted by Crippen LogP contribution is -2.61. The van der Waals surface area contributed by atoms with Crippen molar-refractivity contribution in [3.8, 4) is 0 Å². The highest BCUT2D eigenvalue weighted by molar-refractivity contribution is 6.39. The zero-order chi connectivity index (χ0) is 59.1. The van der Waals surface area contributed by atoms with Gasteiger partial charge in [-0.3, -0.25) is 14.4 Å². The summed E-state index contributed by atoms with van der Waals surface area (Å²) in [6, 6.07) is -2.11. The third-order valence-corrected chi connectivity index (χ3v) is 17.3. The van der Waals surface area contributed by atoms with Crippen molar-refractivity contribution in [1.82, 2.24) is 25.1 Å². The summed E-state index contributed by atoms with van der Waals surface area (Å²) in [6.07, 6.45) is 10.1. The number of fused-ring (bicyclic) bond motifs is 3. The molecule has 4 fully saturated rings. The number of aliphatic hydroxyl groups excluding tert-OH is 3. The van der Waals surface area contributed by atoms with Crippen LogP contribution >= 0.6 is 0 Å². The number of nitrogens with one attached hydrogen (secondary N) is 1. The number of allylic oxidation sites excluding steroid dienone is 5. The molecule has 4 aliphatic heterocycles. The van der Waals surface area contributed by atoms with Crippen molar-refractivity contribution in [1.29, 1.82) is 0 Å². The first-order valence-corrected chi connectivity index (χ1v) is 29.3. The number of ketones is 2. The molecule has 5 heterocycles. The molecule has 1 aliphatic carbocycles. The van der Waals surface area contributed by atoms with E-state index < -0.39 is 114 Å². The van der Waals surface area contributed by atoms with Crippen LogP contribution < -0.4 is 16.0 Å². The first-order valence-electron chi connectivity index (χ1n) is 29.3. The van der Waals surface area contributed by atoms with E-state index in [9.17, 15) is 44.4 Å². The SMILES string of the molecule is CO[C@H]1C[C@@H]2CC[C@@H](C)[C@@](O)(O2)C(=O)C(=O)N2CCCC[C@H]2C(=O)O[C@H]([C@H](N)C[C@@H]2CC[C@@H](OC(=O)NCc3cnc(N4CCN(C)CC4)nc3)[C@H](OC)C2)C[C@@H](O)[C@H](C)/C=C(\C)[C@@H](O)[C@@H](O)C(=O)C(C)C[C@H](C)/C=C/C=CC=C1C. The van der Waals surface area contributed by atoms with Gasteiger partial charge in [0.2, 0.25) is 11.7 Å². The quantitative estimate of drug-likeness (QED) is 0.113. The maximum atomic E-state index is 14.6. The largest absolute Gasteiger partial charge is 0.459 e. The van der Waals surface area contributed by atoms with Gasteiger partial charge in [0.05, 0.1) is 24.4 Å². The number of hydrogen-bond donors (Lipinski definition) is 6. The average molecular weight is 1140 g/mol. The van der Waals surface area contributed by atoms with Crippen LogP contribution in [0.2, 0.25) is 0 Å². The molecule has 0 aromatic carbocycles. The van der Waals surface area contributed by atoms with Gasteiger partial charge in [-0.2, -0.15) is 0 Å². The van der Waals surface area contributed by atoms with E-state index in [2.05, 4.69) is 32.1 Å². The molecular weight excluding hydrogens is 1040 g/mol. The predicted molar refractivity (Wildman–Crippen MR) is 303 cm³/mol. The molecule has 1 unspecified atom stereocenters. The number of carbonyl (C=O) groups is 5. The van der Waals surface area contributed by atoms with E-state index in [1.54, 1.807) is 60.4 Å². The summed E-state index contributed by atoms with van der Waals surface area (Å²) in [5.41, 5.74) is 8.84. The summed E-state index contributed by atoms with van der Waals surface area (Å²) >= 11 is 0. The standard InChI is InChI=1S/C60H93N7O14/c1-36-15-11-10-12-16-37(2)49(77-8)31-44-20-18-41(6)60(76,81-44)55(72)56(73)67-22-14-13-17-46(67)57(74)79-50(32-47(68)38(3)28-40(5)53(70)54(71)52(69)39(4)27-36)45(61)29-42-19-21-48(51(30-42)78-9)80-59(75)64-35-43-33-62-58(63-34-43)66-25-23-65(7)24-26-66/h10-12,15-16,28,33-34,36,38-39,41-42,44-51,53-54,68,70-71,76H,13-14,17-27,29-32,35,61H2,1-9H3,(H,64,75)/b12-10?,15-11+,37-16?,40-28+/t36-,38-,39?,41-,42+,44+,45-,46+,47-,48-,49+,50+,51-,53-,54+,60-/m1/s1. The number of alkyl carbamates (subject to hydrolysis) is 1. The van der Waals surface area contributed by atoms with Crippen LogP contribution in [0.25, 0.3) is 0 Å². The Morgan fingerprint density at radius 3 is 2.25 bits per heavy atom. The molecule has 0 spiro atoms. The van der Waals surface area contributed by atoms with E-state index in [4.69, 9.17) is 29.4 Å². The summed E-state index contributed by atoms with van der Waals surface area (Å²) in [5, 5.41) is 49.1.